The number of hydrogen-bond donors (Lipinski definition) is 0. The Balaban J connectivity index is 1.90. The van der Waals surface area contributed by atoms with Gasteiger partial charge < -0.3 is 4.74 Å². The number of carbonyl (C=O) groups is 1. The van der Waals surface area contributed by atoms with E-state index in [1.807, 2.05) is 0 Å². The summed E-state index contributed by atoms with van der Waals surface area (Å²) < 4.78 is 44.9. The van der Waals surface area contributed by atoms with E-state index in [9.17, 15) is 17.6 Å². The number of sulfone groups is 1. The molecule has 156 valence electrons. The van der Waals surface area contributed by atoms with Crippen LogP contribution in [-0.2, 0) is 25.8 Å². The minimum Gasteiger partial charge on any atom is -0.460 e. The van der Waals surface area contributed by atoms with Gasteiger partial charge in [0.05, 0.1) is 16.2 Å². The fraction of sp³-hybridized carbons (Fsp3) is 0.208. The lowest BCUT2D eigenvalue weighted by Gasteiger charge is -2.20. The Morgan fingerprint density at radius 3 is 1.97 bits per heavy atom. The van der Waals surface area contributed by atoms with Crippen LogP contribution in [0, 0.1) is 5.82 Å². The van der Waals surface area contributed by atoms with Gasteiger partial charge in [0, 0.05) is 0 Å². The average Bonchev–Trinajstić information content (AvgIpc) is 2.67. The van der Waals surface area contributed by atoms with E-state index in [2.05, 4.69) is 0 Å². The molecule has 0 atom stereocenters. The molecule has 30 heavy (non-hydrogen) atoms. The average molecular weight is 427 g/mol. The Labute approximate surface area is 176 Å². The molecule has 3 rings (SSSR count). The summed E-state index contributed by atoms with van der Waals surface area (Å²) in [6, 6.07) is 18.8. The summed E-state index contributed by atoms with van der Waals surface area (Å²) in [5.41, 5.74) is 1.29. The topological polar surface area (TPSA) is 60.4 Å². The maximum Gasteiger partial charge on any atom is 0.310 e. The van der Waals surface area contributed by atoms with Gasteiger partial charge in [0.2, 0.25) is 9.84 Å². The molecule has 3 aromatic rings. The minimum absolute atomic E-state index is 0.0744. The highest BCUT2D eigenvalue weighted by Gasteiger charge is 2.24. The van der Waals surface area contributed by atoms with Crippen LogP contribution in [-0.4, -0.2) is 20.0 Å². The molecule has 0 bridgehead atoms. The monoisotopic (exact) mass is 426 g/mol. The molecule has 0 unspecified atom stereocenters. The number of carbonyl (C=O) groups excluding carboxylic acids is 1. The van der Waals surface area contributed by atoms with Gasteiger partial charge in [-0.3, -0.25) is 4.79 Å². The molecule has 0 aliphatic carbocycles. The summed E-state index contributed by atoms with van der Waals surface area (Å²) in [4.78, 5) is 12.4. The first kappa shape index (κ1) is 21.7. The predicted octanol–water partition coefficient (Wildman–Crippen LogP) is 5.21. The number of benzene rings is 3. The van der Waals surface area contributed by atoms with E-state index < -0.39 is 21.4 Å². The minimum atomic E-state index is -3.83. The van der Waals surface area contributed by atoms with Crippen LogP contribution < -0.4 is 0 Å². The van der Waals surface area contributed by atoms with Crippen LogP contribution in [0.2, 0.25) is 0 Å². The summed E-state index contributed by atoms with van der Waals surface area (Å²) in [6.07, 6.45) is -0.139. The highest BCUT2D eigenvalue weighted by molar-refractivity contribution is 7.91. The molecule has 0 fully saturated rings. The summed E-state index contributed by atoms with van der Waals surface area (Å²) in [6.45, 7) is 5.28. The molecule has 0 amide bonds. The highest BCUT2D eigenvalue weighted by atomic mass is 32.2. The van der Waals surface area contributed by atoms with Crippen molar-refractivity contribution in [2.45, 2.75) is 42.6 Å². The summed E-state index contributed by atoms with van der Waals surface area (Å²) in [7, 11) is -3.83. The van der Waals surface area contributed by atoms with Crippen molar-refractivity contribution in [2.75, 3.05) is 0 Å². The first-order valence-corrected chi connectivity index (χ1v) is 11.0. The Morgan fingerprint density at radius 2 is 1.40 bits per heavy atom. The normalized spacial score (nSPS) is 11.9. The lowest BCUT2D eigenvalue weighted by atomic mass is 10.1. The summed E-state index contributed by atoms with van der Waals surface area (Å²) >= 11 is 0. The molecule has 4 nitrogen and oxygen atoms in total. The number of ether oxygens (including phenoxy) is 1. The SMILES string of the molecule is CC(C)(C)OC(=O)Cc1ccccc1S(=O)(=O)c1ccc(-c2ccc(F)cc2)cc1. The van der Waals surface area contributed by atoms with E-state index in [4.69, 9.17) is 4.74 Å². The van der Waals surface area contributed by atoms with E-state index in [1.54, 1.807) is 63.2 Å². The Kier molecular flexibility index (Phi) is 6.08. The van der Waals surface area contributed by atoms with Crippen molar-refractivity contribution >= 4 is 15.8 Å². The van der Waals surface area contributed by atoms with Crippen LogP contribution in [0.4, 0.5) is 4.39 Å². The summed E-state index contributed by atoms with van der Waals surface area (Å²) in [5, 5.41) is 0. The smallest absolute Gasteiger partial charge is 0.310 e. The number of esters is 1. The second-order valence-corrected chi connectivity index (χ2v) is 9.82. The number of halogens is 1. The molecule has 0 N–H and O–H groups in total. The van der Waals surface area contributed by atoms with Gasteiger partial charge in [-0.15, -0.1) is 0 Å². The van der Waals surface area contributed by atoms with Crippen LogP contribution in [0.5, 0.6) is 0 Å². The van der Waals surface area contributed by atoms with Gasteiger partial charge in [0.25, 0.3) is 0 Å². The number of hydrogen-bond acceptors (Lipinski definition) is 4. The molecule has 0 aromatic heterocycles. The first-order valence-electron chi connectivity index (χ1n) is 9.47. The first-order chi connectivity index (χ1) is 14.1. The zero-order valence-corrected chi connectivity index (χ0v) is 17.9. The maximum absolute atomic E-state index is 13.2. The van der Waals surface area contributed by atoms with Crippen molar-refractivity contribution in [2.24, 2.45) is 0 Å². The summed E-state index contributed by atoms with van der Waals surface area (Å²) in [5.74, 6) is -0.823. The van der Waals surface area contributed by atoms with Gasteiger partial charge in [-0.25, -0.2) is 12.8 Å². The molecule has 0 saturated carbocycles. The predicted molar refractivity (Wildman–Crippen MR) is 113 cm³/mol. The quantitative estimate of drug-likeness (QED) is 0.526. The fourth-order valence-corrected chi connectivity index (χ4v) is 4.53. The lowest BCUT2D eigenvalue weighted by molar-refractivity contribution is -0.153. The van der Waals surface area contributed by atoms with Crippen LogP contribution in [0.3, 0.4) is 0 Å². The molecular weight excluding hydrogens is 403 g/mol. The Hall–Kier alpha value is -2.99. The molecule has 0 aliphatic heterocycles. The molecule has 3 aromatic carbocycles. The Morgan fingerprint density at radius 1 is 0.867 bits per heavy atom. The number of rotatable bonds is 5. The fourth-order valence-electron chi connectivity index (χ4n) is 3.04. The van der Waals surface area contributed by atoms with Crippen molar-refractivity contribution < 1.29 is 22.3 Å². The molecule has 0 heterocycles. The molecule has 0 aliphatic rings. The van der Waals surface area contributed by atoms with Crippen LogP contribution in [0.15, 0.2) is 82.6 Å². The highest BCUT2D eigenvalue weighted by Crippen LogP contribution is 2.28. The molecule has 0 radical (unpaired) electrons. The van der Waals surface area contributed by atoms with Crippen LogP contribution >= 0.6 is 0 Å². The van der Waals surface area contributed by atoms with E-state index in [0.717, 1.165) is 11.1 Å². The van der Waals surface area contributed by atoms with Gasteiger partial charge in [0.1, 0.15) is 11.4 Å². The largest absolute Gasteiger partial charge is 0.460 e. The lowest BCUT2D eigenvalue weighted by Crippen LogP contribution is -2.25. The van der Waals surface area contributed by atoms with Crippen molar-refractivity contribution in [3.63, 3.8) is 0 Å². The molecular formula is C24H23FO4S. The standard InChI is InChI=1S/C24H23FO4S/c1-24(2,3)29-23(26)16-19-6-4-5-7-22(19)30(27,28)21-14-10-18(11-15-21)17-8-12-20(25)13-9-17/h4-15H,16H2,1-3H3. The van der Waals surface area contributed by atoms with Crippen LogP contribution in [0.1, 0.15) is 26.3 Å². The van der Waals surface area contributed by atoms with Gasteiger partial charge in [0.15, 0.2) is 0 Å². The molecule has 0 spiro atoms. The van der Waals surface area contributed by atoms with Crippen LogP contribution in [0.25, 0.3) is 11.1 Å². The second-order valence-electron chi connectivity index (χ2n) is 7.91. The zero-order valence-electron chi connectivity index (χ0n) is 17.1. The van der Waals surface area contributed by atoms with E-state index in [0.29, 0.717) is 5.56 Å². The molecule has 6 heteroatoms. The van der Waals surface area contributed by atoms with Gasteiger partial charge in [-0.1, -0.05) is 42.5 Å². The third-order valence-corrected chi connectivity index (χ3v) is 6.23. The van der Waals surface area contributed by atoms with E-state index in [1.165, 1.54) is 30.3 Å². The van der Waals surface area contributed by atoms with Gasteiger partial charge in [-0.05, 0) is 67.8 Å². The van der Waals surface area contributed by atoms with Gasteiger partial charge >= 0.3 is 5.97 Å². The van der Waals surface area contributed by atoms with E-state index in [-0.39, 0.29) is 22.0 Å². The maximum atomic E-state index is 13.2. The van der Waals surface area contributed by atoms with E-state index >= 15 is 0 Å². The Bertz CT molecular complexity index is 1140. The van der Waals surface area contributed by atoms with Crippen molar-refractivity contribution in [3.05, 3.63) is 84.2 Å². The second kappa shape index (κ2) is 8.40. The zero-order chi connectivity index (χ0) is 21.9. The van der Waals surface area contributed by atoms with Crippen molar-refractivity contribution in [1.82, 2.24) is 0 Å². The molecule has 0 saturated heterocycles. The van der Waals surface area contributed by atoms with Crippen molar-refractivity contribution in [1.29, 1.82) is 0 Å². The van der Waals surface area contributed by atoms with Crippen molar-refractivity contribution in [3.8, 4) is 11.1 Å². The third kappa shape index (κ3) is 5.13. The van der Waals surface area contributed by atoms with Gasteiger partial charge in [-0.2, -0.15) is 0 Å². The third-order valence-electron chi connectivity index (χ3n) is 4.36.